The van der Waals surface area contributed by atoms with E-state index >= 15 is 0 Å². The normalized spacial score (nSPS) is 15.6. The van der Waals surface area contributed by atoms with Crippen LogP contribution in [0.15, 0.2) is 35.7 Å². The van der Waals surface area contributed by atoms with Gasteiger partial charge in [-0.05, 0) is 31.0 Å². The first-order valence-corrected chi connectivity index (χ1v) is 10.3. The Morgan fingerprint density at radius 1 is 1.31 bits per heavy atom. The number of benzene rings is 1. The Kier molecular flexibility index (Phi) is 5.52. The van der Waals surface area contributed by atoms with Crippen molar-refractivity contribution >= 4 is 33.2 Å². The molecule has 9 heteroatoms. The number of carbonyl (C=O) groups is 1. The highest BCUT2D eigenvalue weighted by molar-refractivity contribution is 7.92. The molecule has 1 saturated carbocycles. The summed E-state index contributed by atoms with van der Waals surface area (Å²) < 4.78 is 26.8. The molecule has 26 heavy (non-hydrogen) atoms. The van der Waals surface area contributed by atoms with E-state index < -0.39 is 10.0 Å². The molecule has 1 aromatic carbocycles. The molecule has 0 spiro atoms. The van der Waals surface area contributed by atoms with Crippen molar-refractivity contribution in [2.45, 2.75) is 43.3 Å². The summed E-state index contributed by atoms with van der Waals surface area (Å²) in [6.45, 7) is 0. The zero-order chi connectivity index (χ0) is 18.7. The highest BCUT2D eigenvalue weighted by atomic mass is 35.5. The molecule has 0 saturated heterocycles. The molecule has 0 bridgehead atoms. The maximum Gasteiger partial charge on any atom is 0.295 e. The van der Waals surface area contributed by atoms with E-state index in [0.29, 0.717) is 5.56 Å². The van der Waals surface area contributed by atoms with Crippen molar-refractivity contribution in [3.05, 3.63) is 41.2 Å². The lowest BCUT2D eigenvalue weighted by molar-refractivity contribution is 0.0696. The maximum atomic E-state index is 12.7. The lowest BCUT2D eigenvalue weighted by Crippen LogP contribution is -2.38. The molecule has 1 aliphatic carbocycles. The Morgan fingerprint density at radius 3 is 2.65 bits per heavy atom. The lowest BCUT2D eigenvalue weighted by atomic mass is 9.94. The molecule has 0 radical (unpaired) electrons. The number of amides is 1. The molecule has 0 aliphatic heterocycles. The zero-order valence-corrected chi connectivity index (χ0v) is 16.0. The van der Waals surface area contributed by atoms with Gasteiger partial charge in [-0.25, -0.2) is 4.98 Å². The molecule has 2 N–H and O–H groups in total. The number of imidazole rings is 1. The highest BCUT2D eigenvalue weighted by Crippen LogP contribution is 2.27. The van der Waals surface area contributed by atoms with Crippen LogP contribution in [0, 0.1) is 0 Å². The van der Waals surface area contributed by atoms with Gasteiger partial charge in [0.25, 0.3) is 15.9 Å². The van der Waals surface area contributed by atoms with Crippen LogP contribution in [-0.2, 0) is 10.0 Å². The van der Waals surface area contributed by atoms with Crippen molar-refractivity contribution in [2.75, 3.05) is 11.8 Å². The number of rotatable bonds is 5. The Labute approximate surface area is 157 Å². The van der Waals surface area contributed by atoms with Crippen LogP contribution in [0.4, 0.5) is 5.69 Å². The monoisotopic (exact) mass is 396 g/mol. The third-order valence-corrected chi connectivity index (χ3v) is 6.17. The van der Waals surface area contributed by atoms with Gasteiger partial charge in [0.15, 0.2) is 0 Å². The molecule has 1 fully saturated rings. The summed E-state index contributed by atoms with van der Waals surface area (Å²) in [4.78, 5) is 20.7. The molecule has 0 unspecified atom stereocenters. The van der Waals surface area contributed by atoms with Crippen molar-refractivity contribution in [1.29, 1.82) is 0 Å². The van der Waals surface area contributed by atoms with Gasteiger partial charge in [0.1, 0.15) is 0 Å². The van der Waals surface area contributed by atoms with E-state index in [4.69, 9.17) is 11.6 Å². The van der Waals surface area contributed by atoms with Gasteiger partial charge in [-0.2, -0.15) is 8.42 Å². The smallest absolute Gasteiger partial charge is 0.295 e. The molecule has 1 aromatic heterocycles. The molecule has 1 aliphatic rings. The topological polar surface area (TPSA) is 95.2 Å². The molecular formula is C17H21ClN4O3S. The fourth-order valence-electron chi connectivity index (χ4n) is 3.18. The second kappa shape index (κ2) is 7.67. The van der Waals surface area contributed by atoms with E-state index in [1.165, 1.54) is 30.9 Å². The highest BCUT2D eigenvalue weighted by Gasteiger charge is 2.25. The number of hydrogen-bond acceptors (Lipinski definition) is 4. The van der Waals surface area contributed by atoms with Gasteiger partial charge in [0.05, 0.1) is 16.3 Å². The fraction of sp³-hybridized carbons (Fsp3) is 0.412. The van der Waals surface area contributed by atoms with Gasteiger partial charge in [-0.15, -0.1) is 0 Å². The minimum absolute atomic E-state index is 0.151. The first-order valence-electron chi connectivity index (χ1n) is 8.47. The van der Waals surface area contributed by atoms with E-state index in [1.807, 2.05) is 0 Å². The first kappa shape index (κ1) is 18.7. The summed E-state index contributed by atoms with van der Waals surface area (Å²) in [5, 5.41) is 0.0168. The second-order valence-electron chi connectivity index (χ2n) is 6.40. The molecule has 0 atom stereocenters. The number of nitrogens with zero attached hydrogens (tertiary/aromatic N) is 2. The average molecular weight is 397 g/mol. The summed E-state index contributed by atoms with van der Waals surface area (Å²) in [7, 11) is -2.03. The quantitative estimate of drug-likeness (QED) is 0.810. The number of hydrogen-bond donors (Lipinski definition) is 2. The predicted molar refractivity (Wildman–Crippen MR) is 99.8 cm³/mol. The zero-order valence-electron chi connectivity index (χ0n) is 14.4. The minimum Gasteiger partial charge on any atom is -0.339 e. The summed E-state index contributed by atoms with van der Waals surface area (Å²) in [6, 6.07) is 4.73. The molecular weight excluding hydrogens is 376 g/mol. The van der Waals surface area contributed by atoms with Crippen LogP contribution in [0.5, 0.6) is 0 Å². The van der Waals surface area contributed by atoms with Crippen LogP contribution >= 0.6 is 11.6 Å². The second-order valence-corrected chi connectivity index (χ2v) is 8.41. The average Bonchev–Trinajstić information content (AvgIpc) is 3.17. The van der Waals surface area contributed by atoms with Crippen LogP contribution in [0.2, 0.25) is 5.02 Å². The van der Waals surface area contributed by atoms with Crippen molar-refractivity contribution in [3.63, 3.8) is 0 Å². The molecule has 1 heterocycles. The third-order valence-electron chi connectivity index (χ3n) is 4.62. The van der Waals surface area contributed by atoms with Crippen LogP contribution in [-0.4, -0.2) is 42.3 Å². The number of nitrogens with one attached hydrogen (secondary N) is 2. The van der Waals surface area contributed by atoms with E-state index in [-0.39, 0.29) is 27.8 Å². The van der Waals surface area contributed by atoms with Gasteiger partial charge in [0, 0.05) is 25.5 Å². The van der Waals surface area contributed by atoms with Gasteiger partial charge >= 0.3 is 0 Å². The number of aromatic amines is 1. The number of H-pyrrole nitrogens is 1. The summed E-state index contributed by atoms with van der Waals surface area (Å²) in [5.74, 6) is -0.151. The van der Waals surface area contributed by atoms with Crippen LogP contribution in [0.25, 0.3) is 0 Å². The van der Waals surface area contributed by atoms with Gasteiger partial charge in [-0.1, -0.05) is 30.9 Å². The Morgan fingerprint density at radius 2 is 2.04 bits per heavy atom. The van der Waals surface area contributed by atoms with E-state index in [9.17, 15) is 13.2 Å². The predicted octanol–water partition coefficient (Wildman–Crippen LogP) is 3.27. The van der Waals surface area contributed by atoms with E-state index in [0.717, 1.165) is 25.7 Å². The Hall–Kier alpha value is -2.06. The standard InChI is InChI=1S/C17H21ClN4O3S/c1-22(13-5-3-2-4-6-13)16(23)14-8-7-12(11-15(14)18)21-26(24,25)17-19-9-10-20-17/h7-11,13,21H,2-6H2,1H3,(H,19,20). The molecule has 140 valence electrons. The fourth-order valence-corrected chi connectivity index (χ4v) is 4.40. The van der Waals surface area contributed by atoms with E-state index in [2.05, 4.69) is 14.7 Å². The molecule has 7 nitrogen and oxygen atoms in total. The minimum atomic E-state index is -3.82. The molecule has 3 rings (SSSR count). The molecule has 2 aromatic rings. The van der Waals surface area contributed by atoms with Crippen LogP contribution < -0.4 is 4.72 Å². The first-order chi connectivity index (χ1) is 12.4. The van der Waals surface area contributed by atoms with Crippen molar-refractivity contribution < 1.29 is 13.2 Å². The van der Waals surface area contributed by atoms with Gasteiger partial charge in [-0.3, -0.25) is 9.52 Å². The lowest BCUT2D eigenvalue weighted by Gasteiger charge is -2.31. The van der Waals surface area contributed by atoms with Crippen molar-refractivity contribution in [1.82, 2.24) is 14.9 Å². The SMILES string of the molecule is CN(C(=O)c1ccc(NS(=O)(=O)c2ncc[nH]2)cc1Cl)C1CCCCC1. The summed E-state index contributed by atoms with van der Waals surface area (Å²) >= 11 is 6.26. The van der Waals surface area contributed by atoms with Gasteiger partial charge in [0.2, 0.25) is 5.16 Å². The van der Waals surface area contributed by atoms with Crippen LogP contribution in [0.3, 0.4) is 0 Å². The Balaban J connectivity index is 1.76. The number of sulfonamides is 1. The van der Waals surface area contributed by atoms with Crippen molar-refractivity contribution in [2.24, 2.45) is 0 Å². The summed E-state index contributed by atoms with van der Waals surface area (Å²) in [6.07, 6.45) is 8.24. The number of aromatic nitrogens is 2. The maximum absolute atomic E-state index is 12.7. The summed E-state index contributed by atoms with van der Waals surface area (Å²) in [5.41, 5.74) is 0.629. The number of anilines is 1. The number of carbonyl (C=O) groups excluding carboxylic acids is 1. The largest absolute Gasteiger partial charge is 0.339 e. The number of halogens is 1. The van der Waals surface area contributed by atoms with Gasteiger partial charge < -0.3 is 9.88 Å². The Bertz CT molecular complexity index is 877. The van der Waals surface area contributed by atoms with E-state index in [1.54, 1.807) is 18.0 Å². The molecule has 1 amide bonds. The third kappa shape index (κ3) is 4.02. The van der Waals surface area contributed by atoms with Crippen LogP contribution in [0.1, 0.15) is 42.5 Å². The van der Waals surface area contributed by atoms with Crippen molar-refractivity contribution in [3.8, 4) is 0 Å².